The Bertz CT molecular complexity index is 1050. The second-order valence-electron chi connectivity index (χ2n) is 7.12. The van der Waals surface area contributed by atoms with Gasteiger partial charge in [0.25, 0.3) is 0 Å². The first-order valence-electron chi connectivity index (χ1n) is 9.37. The van der Waals surface area contributed by atoms with Gasteiger partial charge in [-0.25, -0.2) is 13.2 Å². The summed E-state index contributed by atoms with van der Waals surface area (Å²) in [6, 6.07) is 9.46. The topological polar surface area (TPSA) is 116 Å². The molecule has 160 valence electrons. The standard InChI is InChI=1S/C20H22N2O7S/c1-14-4-3-11-21(13-14)30(26,27)17-9-10-19(18(12-17)22(24)25)29-16-7-5-15(6-8-16)20(23)28-2/h5-10,12,14H,3-4,11,13H2,1-2H3. The molecule has 1 heterocycles. The van der Waals surface area contributed by atoms with Crippen molar-refractivity contribution < 1.29 is 27.6 Å². The van der Waals surface area contributed by atoms with E-state index in [0.717, 1.165) is 18.9 Å². The van der Waals surface area contributed by atoms with E-state index in [1.165, 1.54) is 47.8 Å². The third-order valence-electron chi connectivity index (χ3n) is 4.89. The zero-order valence-electron chi connectivity index (χ0n) is 16.6. The predicted octanol–water partition coefficient (Wildman–Crippen LogP) is 3.59. The molecule has 1 aliphatic rings. The van der Waals surface area contributed by atoms with Crippen LogP contribution < -0.4 is 4.74 Å². The Morgan fingerprint density at radius 2 is 1.90 bits per heavy atom. The monoisotopic (exact) mass is 434 g/mol. The normalized spacial score (nSPS) is 17.3. The molecule has 30 heavy (non-hydrogen) atoms. The highest BCUT2D eigenvalue weighted by Crippen LogP contribution is 2.35. The van der Waals surface area contributed by atoms with E-state index in [-0.39, 0.29) is 22.3 Å². The van der Waals surface area contributed by atoms with Crippen LogP contribution in [0.2, 0.25) is 0 Å². The van der Waals surface area contributed by atoms with Crippen LogP contribution in [0.1, 0.15) is 30.1 Å². The molecule has 0 amide bonds. The van der Waals surface area contributed by atoms with Crippen molar-refractivity contribution in [3.63, 3.8) is 0 Å². The van der Waals surface area contributed by atoms with Crippen LogP contribution in [0.4, 0.5) is 5.69 Å². The molecule has 0 bridgehead atoms. The molecule has 10 heteroatoms. The summed E-state index contributed by atoms with van der Waals surface area (Å²) in [6.07, 6.45) is 1.71. The van der Waals surface area contributed by atoms with E-state index in [9.17, 15) is 23.3 Å². The average molecular weight is 434 g/mol. The van der Waals surface area contributed by atoms with Crippen molar-refractivity contribution in [3.05, 3.63) is 58.1 Å². The lowest BCUT2D eigenvalue weighted by molar-refractivity contribution is -0.385. The van der Waals surface area contributed by atoms with Gasteiger partial charge >= 0.3 is 11.7 Å². The minimum atomic E-state index is -3.84. The highest BCUT2D eigenvalue weighted by Gasteiger charge is 2.31. The van der Waals surface area contributed by atoms with Crippen LogP contribution in [-0.2, 0) is 14.8 Å². The number of nitro benzene ring substituents is 1. The molecule has 0 spiro atoms. The maximum Gasteiger partial charge on any atom is 0.337 e. The fourth-order valence-corrected chi connectivity index (χ4v) is 4.92. The fraction of sp³-hybridized carbons (Fsp3) is 0.350. The summed E-state index contributed by atoms with van der Waals surface area (Å²) in [4.78, 5) is 22.2. The number of sulfonamides is 1. The highest BCUT2D eigenvalue weighted by molar-refractivity contribution is 7.89. The second-order valence-corrected chi connectivity index (χ2v) is 9.05. The smallest absolute Gasteiger partial charge is 0.337 e. The summed E-state index contributed by atoms with van der Waals surface area (Å²) in [6.45, 7) is 2.76. The first kappa shape index (κ1) is 21.7. The molecule has 0 aromatic heterocycles. The van der Waals surface area contributed by atoms with Gasteiger partial charge in [-0.05, 0) is 55.2 Å². The Morgan fingerprint density at radius 1 is 1.20 bits per heavy atom. The van der Waals surface area contributed by atoms with Crippen LogP contribution in [0.25, 0.3) is 0 Å². The maximum atomic E-state index is 12.9. The summed E-state index contributed by atoms with van der Waals surface area (Å²) in [5, 5.41) is 11.6. The number of rotatable bonds is 6. The SMILES string of the molecule is COC(=O)c1ccc(Oc2ccc(S(=O)(=O)N3CCCC(C)C3)cc2[N+](=O)[O-])cc1. The van der Waals surface area contributed by atoms with E-state index in [2.05, 4.69) is 4.74 Å². The molecule has 3 rings (SSSR count). The van der Waals surface area contributed by atoms with Crippen molar-refractivity contribution in [2.75, 3.05) is 20.2 Å². The van der Waals surface area contributed by atoms with Crippen molar-refractivity contribution in [2.24, 2.45) is 5.92 Å². The van der Waals surface area contributed by atoms with Crippen LogP contribution in [-0.4, -0.2) is 43.8 Å². The van der Waals surface area contributed by atoms with Crippen molar-refractivity contribution in [2.45, 2.75) is 24.7 Å². The minimum absolute atomic E-state index is 0.100. The van der Waals surface area contributed by atoms with Gasteiger partial charge in [0.2, 0.25) is 15.8 Å². The molecule has 0 N–H and O–H groups in total. The van der Waals surface area contributed by atoms with E-state index in [4.69, 9.17) is 4.74 Å². The molecule has 0 aliphatic carbocycles. The maximum absolute atomic E-state index is 12.9. The van der Waals surface area contributed by atoms with Crippen LogP contribution in [0.5, 0.6) is 11.5 Å². The lowest BCUT2D eigenvalue weighted by Gasteiger charge is -2.30. The summed E-state index contributed by atoms with van der Waals surface area (Å²) < 4.78 is 37.4. The summed E-state index contributed by atoms with van der Waals surface area (Å²) >= 11 is 0. The van der Waals surface area contributed by atoms with Gasteiger partial charge in [-0.1, -0.05) is 6.92 Å². The number of methoxy groups -OCH3 is 1. The number of carbonyl (C=O) groups is 1. The molecular formula is C20H22N2O7S. The third kappa shape index (κ3) is 4.60. The second kappa shape index (κ2) is 8.80. The fourth-order valence-electron chi connectivity index (χ4n) is 3.30. The molecule has 1 saturated heterocycles. The molecule has 1 fully saturated rings. The molecule has 0 saturated carbocycles. The Hall–Kier alpha value is -2.98. The number of carbonyl (C=O) groups excluding carboxylic acids is 1. The number of hydrogen-bond donors (Lipinski definition) is 0. The van der Waals surface area contributed by atoms with Crippen LogP contribution >= 0.6 is 0 Å². The highest BCUT2D eigenvalue weighted by atomic mass is 32.2. The molecular weight excluding hydrogens is 412 g/mol. The van der Waals surface area contributed by atoms with Gasteiger partial charge in [0.1, 0.15) is 5.75 Å². The number of benzene rings is 2. The lowest BCUT2D eigenvalue weighted by atomic mass is 10.0. The van der Waals surface area contributed by atoms with Gasteiger partial charge in [0.05, 0.1) is 22.5 Å². The zero-order valence-corrected chi connectivity index (χ0v) is 17.4. The lowest BCUT2D eigenvalue weighted by Crippen LogP contribution is -2.39. The summed E-state index contributed by atoms with van der Waals surface area (Å²) in [5.74, 6) is -0.129. The Morgan fingerprint density at radius 3 is 2.50 bits per heavy atom. The van der Waals surface area contributed by atoms with Crippen molar-refractivity contribution >= 4 is 21.7 Å². The van der Waals surface area contributed by atoms with Crippen LogP contribution in [0.15, 0.2) is 47.4 Å². The number of nitro groups is 1. The largest absolute Gasteiger partial charge is 0.465 e. The minimum Gasteiger partial charge on any atom is -0.465 e. The Balaban J connectivity index is 1.88. The average Bonchev–Trinajstić information content (AvgIpc) is 2.73. The number of ether oxygens (including phenoxy) is 2. The molecule has 0 radical (unpaired) electrons. The number of nitrogens with zero attached hydrogens (tertiary/aromatic N) is 2. The quantitative estimate of drug-likeness (QED) is 0.387. The zero-order chi connectivity index (χ0) is 21.9. The number of hydrogen-bond acceptors (Lipinski definition) is 7. The van der Waals surface area contributed by atoms with E-state index in [1.54, 1.807) is 0 Å². The molecule has 9 nitrogen and oxygen atoms in total. The van der Waals surface area contributed by atoms with E-state index >= 15 is 0 Å². The van der Waals surface area contributed by atoms with Crippen LogP contribution in [0.3, 0.4) is 0 Å². The first-order chi connectivity index (χ1) is 14.2. The van der Waals surface area contributed by atoms with E-state index < -0.39 is 26.6 Å². The van der Waals surface area contributed by atoms with E-state index in [1.807, 2.05) is 6.92 Å². The third-order valence-corrected chi connectivity index (χ3v) is 6.75. The molecule has 1 unspecified atom stereocenters. The molecule has 1 atom stereocenters. The van der Waals surface area contributed by atoms with Crippen molar-refractivity contribution in [3.8, 4) is 11.5 Å². The summed E-state index contributed by atoms with van der Waals surface area (Å²) in [5.41, 5.74) is -0.158. The molecule has 1 aliphatic heterocycles. The van der Waals surface area contributed by atoms with Gasteiger partial charge in [-0.15, -0.1) is 0 Å². The predicted molar refractivity (Wildman–Crippen MR) is 108 cm³/mol. The van der Waals surface area contributed by atoms with E-state index in [0.29, 0.717) is 18.7 Å². The van der Waals surface area contributed by atoms with Crippen molar-refractivity contribution in [1.82, 2.24) is 4.31 Å². The Labute approximate surface area is 174 Å². The number of piperidine rings is 1. The summed E-state index contributed by atoms with van der Waals surface area (Å²) in [7, 11) is -2.58. The van der Waals surface area contributed by atoms with Gasteiger partial charge < -0.3 is 9.47 Å². The van der Waals surface area contributed by atoms with Crippen LogP contribution in [0, 0.1) is 16.0 Å². The van der Waals surface area contributed by atoms with Gasteiger partial charge in [0, 0.05) is 19.2 Å². The first-order valence-corrected chi connectivity index (χ1v) is 10.8. The number of esters is 1. The van der Waals surface area contributed by atoms with Gasteiger partial charge in [-0.3, -0.25) is 10.1 Å². The van der Waals surface area contributed by atoms with Crippen molar-refractivity contribution in [1.29, 1.82) is 0 Å². The molecule has 2 aromatic carbocycles. The molecule has 2 aromatic rings. The van der Waals surface area contributed by atoms with Gasteiger partial charge in [-0.2, -0.15) is 4.31 Å². The Kier molecular flexibility index (Phi) is 6.37. The van der Waals surface area contributed by atoms with Gasteiger partial charge in [0.15, 0.2) is 0 Å².